The van der Waals surface area contributed by atoms with Crippen molar-refractivity contribution >= 4 is 11.6 Å². The molecular formula is C12H17N3O2. The van der Waals surface area contributed by atoms with Gasteiger partial charge in [0.1, 0.15) is 0 Å². The van der Waals surface area contributed by atoms with Crippen LogP contribution in [0.1, 0.15) is 28.9 Å². The minimum absolute atomic E-state index is 0.0860. The summed E-state index contributed by atoms with van der Waals surface area (Å²) in [5.41, 5.74) is 7.15. The van der Waals surface area contributed by atoms with Gasteiger partial charge in [0.15, 0.2) is 0 Å². The van der Waals surface area contributed by atoms with Crippen molar-refractivity contribution in [1.82, 2.24) is 10.3 Å². The van der Waals surface area contributed by atoms with Crippen molar-refractivity contribution in [3.8, 4) is 0 Å². The summed E-state index contributed by atoms with van der Waals surface area (Å²) in [4.78, 5) is 16.0. The summed E-state index contributed by atoms with van der Waals surface area (Å²) in [6, 6.07) is 1.62. The first-order chi connectivity index (χ1) is 8.06. The Morgan fingerprint density at radius 3 is 2.94 bits per heavy atom. The zero-order valence-electron chi connectivity index (χ0n) is 9.86. The largest absolute Gasteiger partial charge is 0.397 e. The highest BCUT2D eigenvalue weighted by molar-refractivity contribution is 5.95. The van der Waals surface area contributed by atoms with Crippen LogP contribution in [0.25, 0.3) is 0 Å². The molecule has 5 nitrogen and oxygen atoms in total. The smallest absolute Gasteiger partial charge is 0.253 e. The summed E-state index contributed by atoms with van der Waals surface area (Å²) in [5, 5.41) is 12.0. The quantitative estimate of drug-likeness (QED) is 0.708. The third-order valence-corrected chi connectivity index (χ3v) is 3.27. The molecule has 1 saturated carbocycles. The molecule has 0 bridgehead atoms. The number of nitrogens with one attached hydrogen (secondary N) is 1. The number of carbonyl (C=O) groups is 1. The zero-order valence-corrected chi connectivity index (χ0v) is 9.86. The van der Waals surface area contributed by atoms with Crippen molar-refractivity contribution in [2.75, 3.05) is 18.9 Å². The fourth-order valence-corrected chi connectivity index (χ4v) is 1.71. The minimum atomic E-state index is -0.179. The molecule has 0 unspecified atom stereocenters. The van der Waals surface area contributed by atoms with E-state index in [1.807, 2.05) is 0 Å². The molecule has 0 aliphatic heterocycles. The van der Waals surface area contributed by atoms with Crippen LogP contribution >= 0.6 is 0 Å². The molecule has 0 saturated heterocycles. The predicted molar refractivity (Wildman–Crippen MR) is 64.5 cm³/mol. The highest BCUT2D eigenvalue weighted by Crippen LogP contribution is 2.44. The van der Waals surface area contributed by atoms with E-state index in [-0.39, 0.29) is 17.9 Å². The third kappa shape index (κ3) is 2.55. The number of carbonyl (C=O) groups excluding carboxylic acids is 1. The van der Waals surface area contributed by atoms with E-state index in [0.717, 1.165) is 12.8 Å². The van der Waals surface area contributed by atoms with Crippen LogP contribution in [0.4, 0.5) is 5.69 Å². The first-order valence-electron chi connectivity index (χ1n) is 5.67. The Bertz CT molecular complexity index is 441. The molecule has 17 heavy (non-hydrogen) atoms. The summed E-state index contributed by atoms with van der Waals surface area (Å²) in [7, 11) is 0. The number of amides is 1. The number of rotatable bonds is 4. The van der Waals surface area contributed by atoms with Gasteiger partial charge in [-0.3, -0.25) is 9.78 Å². The number of hydrogen-bond acceptors (Lipinski definition) is 4. The first-order valence-corrected chi connectivity index (χ1v) is 5.67. The Morgan fingerprint density at radius 2 is 2.35 bits per heavy atom. The van der Waals surface area contributed by atoms with Gasteiger partial charge in [-0.1, -0.05) is 0 Å². The minimum Gasteiger partial charge on any atom is -0.397 e. The topological polar surface area (TPSA) is 88.2 Å². The molecule has 2 rings (SSSR count). The Kier molecular flexibility index (Phi) is 3.02. The summed E-state index contributed by atoms with van der Waals surface area (Å²) in [5.74, 6) is -0.179. The average molecular weight is 235 g/mol. The molecule has 1 aromatic heterocycles. The van der Waals surface area contributed by atoms with Crippen LogP contribution in [0, 0.1) is 12.3 Å². The lowest BCUT2D eigenvalue weighted by Gasteiger charge is -2.13. The molecule has 1 aliphatic carbocycles. The molecule has 0 radical (unpaired) electrons. The number of anilines is 1. The second kappa shape index (κ2) is 4.33. The Morgan fingerprint density at radius 1 is 1.65 bits per heavy atom. The fraction of sp³-hybridized carbons (Fsp3) is 0.500. The SMILES string of the molecule is Cc1ncc(N)cc1C(=O)NCC1(CO)CC1. The average Bonchev–Trinajstić information content (AvgIpc) is 3.10. The number of nitrogens with zero attached hydrogens (tertiary/aromatic N) is 1. The van der Waals surface area contributed by atoms with E-state index in [2.05, 4.69) is 10.3 Å². The van der Waals surface area contributed by atoms with Gasteiger partial charge in [0.25, 0.3) is 5.91 Å². The van der Waals surface area contributed by atoms with E-state index in [0.29, 0.717) is 23.5 Å². The highest BCUT2D eigenvalue weighted by atomic mass is 16.3. The van der Waals surface area contributed by atoms with Crippen LogP contribution in [-0.4, -0.2) is 29.1 Å². The van der Waals surface area contributed by atoms with Crippen molar-refractivity contribution in [2.45, 2.75) is 19.8 Å². The van der Waals surface area contributed by atoms with Crippen LogP contribution in [-0.2, 0) is 0 Å². The highest BCUT2D eigenvalue weighted by Gasteiger charge is 2.42. The van der Waals surface area contributed by atoms with Gasteiger partial charge < -0.3 is 16.2 Å². The lowest BCUT2D eigenvalue weighted by atomic mass is 10.1. The van der Waals surface area contributed by atoms with E-state index in [9.17, 15) is 4.79 Å². The van der Waals surface area contributed by atoms with Gasteiger partial charge in [-0.05, 0) is 25.8 Å². The van der Waals surface area contributed by atoms with Gasteiger partial charge in [0, 0.05) is 12.0 Å². The van der Waals surface area contributed by atoms with E-state index >= 15 is 0 Å². The molecule has 1 heterocycles. The lowest BCUT2D eigenvalue weighted by molar-refractivity contribution is 0.0934. The molecule has 0 aromatic carbocycles. The molecule has 1 aliphatic rings. The molecule has 5 heteroatoms. The second-order valence-electron chi connectivity index (χ2n) is 4.74. The van der Waals surface area contributed by atoms with E-state index in [1.54, 1.807) is 13.0 Å². The number of nitrogens with two attached hydrogens (primary N) is 1. The number of aliphatic hydroxyl groups excluding tert-OH is 1. The van der Waals surface area contributed by atoms with Gasteiger partial charge in [-0.2, -0.15) is 0 Å². The molecule has 1 amide bonds. The van der Waals surface area contributed by atoms with Crippen molar-refractivity contribution in [3.05, 3.63) is 23.5 Å². The summed E-state index contributed by atoms with van der Waals surface area (Å²) in [6.45, 7) is 2.41. The molecule has 0 atom stereocenters. The van der Waals surface area contributed by atoms with Crippen molar-refractivity contribution in [1.29, 1.82) is 0 Å². The Balaban J connectivity index is 2.02. The maximum absolute atomic E-state index is 11.9. The Labute approximate surface area is 100 Å². The molecule has 4 N–H and O–H groups in total. The number of aliphatic hydroxyl groups is 1. The summed E-state index contributed by atoms with van der Waals surface area (Å²) in [6.07, 6.45) is 3.47. The van der Waals surface area contributed by atoms with E-state index < -0.39 is 0 Å². The van der Waals surface area contributed by atoms with Gasteiger partial charge in [0.2, 0.25) is 0 Å². The van der Waals surface area contributed by atoms with Crippen LogP contribution in [0.2, 0.25) is 0 Å². The van der Waals surface area contributed by atoms with Gasteiger partial charge >= 0.3 is 0 Å². The zero-order chi connectivity index (χ0) is 12.5. The normalized spacial score (nSPS) is 16.6. The molecule has 0 spiro atoms. The number of hydrogen-bond donors (Lipinski definition) is 3. The maximum Gasteiger partial charge on any atom is 0.253 e. The van der Waals surface area contributed by atoms with Gasteiger partial charge in [0.05, 0.1) is 29.7 Å². The first kappa shape index (κ1) is 11.9. The Hall–Kier alpha value is -1.62. The molecule has 1 fully saturated rings. The maximum atomic E-state index is 11.9. The molecule has 92 valence electrons. The molecule has 1 aromatic rings. The standard InChI is InChI=1S/C12H17N3O2/c1-8-10(4-9(13)5-14-8)11(17)15-6-12(7-16)2-3-12/h4-5,16H,2-3,6-7,13H2,1H3,(H,15,17). The van der Waals surface area contributed by atoms with E-state index in [4.69, 9.17) is 10.8 Å². The fourth-order valence-electron chi connectivity index (χ4n) is 1.71. The van der Waals surface area contributed by atoms with E-state index in [1.165, 1.54) is 6.20 Å². The number of nitrogen functional groups attached to an aromatic ring is 1. The summed E-state index contributed by atoms with van der Waals surface area (Å²) >= 11 is 0. The molecular weight excluding hydrogens is 218 g/mol. The summed E-state index contributed by atoms with van der Waals surface area (Å²) < 4.78 is 0. The monoisotopic (exact) mass is 235 g/mol. The number of aromatic nitrogens is 1. The van der Waals surface area contributed by atoms with Crippen LogP contribution in [0.3, 0.4) is 0 Å². The van der Waals surface area contributed by atoms with Crippen molar-refractivity contribution < 1.29 is 9.90 Å². The van der Waals surface area contributed by atoms with Crippen LogP contribution < -0.4 is 11.1 Å². The van der Waals surface area contributed by atoms with Gasteiger partial charge in [-0.25, -0.2) is 0 Å². The van der Waals surface area contributed by atoms with Crippen molar-refractivity contribution in [2.24, 2.45) is 5.41 Å². The van der Waals surface area contributed by atoms with Crippen LogP contribution in [0.15, 0.2) is 12.3 Å². The predicted octanol–water partition coefficient (Wildman–Crippen LogP) is 0.475. The van der Waals surface area contributed by atoms with Crippen molar-refractivity contribution in [3.63, 3.8) is 0 Å². The van der Waals surface area contributed by atoms with Gasteiger partial charge in [-0.15, -0.1) is 0 Å². The lowest BCUT2D eigenvalue weighted by Crippen LogP contribution is -2.32. The third-order valence-electron chi connectivity index (χ3n) is 3.27. The van der Waals surface area contributed by atoms with Crippen LogP contribution in [0.5, 0.6) is 0 Å². The number of aryl methyl sites for hydroxylation is 1. The second-order valence-corrected chi connectivity index (χ2v) is 4.74. The number of pyridine rings is 1.